The Morgan fingerprint density at radius 1 is 0.960 bits per heavy atom. The van der Waals surface area contributed by atoms with Gasteiger partial charge in [0, 0.05) is 18.3 Å². The van der Waals surface area contributed by atoms with Crippen molar-refractivity contribution in [1.29, 1.82) is 0 Å². The zero-order valence-corrected chi connectivity index (χ0v) is 12.8. The monoisotopic (exact) mass is 348 g/mol. The van der Waals surface area contributed by atoms with Crippen LogP contribution in [0.3, 0.4) is 0 Å². The number of nitrogens with one attached hydrogen (secondary N) is 1. The summed E-state index contributed by atoms with van der Waals surface area (Å²) < 4.78 is 37.6. The number of amides is 3. The number of benzene rings is 2. The Labute approximate surface area is 140 Å². The van der Waals surface area contributed by atoms with E-state index in [1.807, 2.05) is 0 Å². The highest BCUT2D eigenvalue weighted by molar-refractivity contribution is 6.22. The third-order valence-electron chi connectivity index (χ3n) is 3.82. The Morgan fingerprint density at radius 2 is 1.56 bits per heavy atom. The molecule has 2 aromatic carbocycles. The number of halogens is 3. The van der Waals surface area contributed by atoms with Crippen molar-refractivity contribution in [2.24, 2.45) is 0 Å². The van der Waals surface area contributed by atoms with Crippen LogP contribution in [0, 0.1) is 0 Å². The molecule has 25 heavy (non-hydrogen) atoms. The van der Waals surface area contributed by atoms with Gasteiger partial charge < -0.3 is 5.32 Å². The first-order chi connectivity index (χ1) is 11.7. The first-order valence-corrected chi connectivity index (χ1v) is 7.13. The molecule has 1 N–H and O–H groups in total. The van der Waals surface area contributed by atoms with Gasteiger partial charge in [0.1, 0.15) is 0 Å². The van der Waals surface area contributed by atoms with Gasteiger partial charge in [0.2, 0.25) is 0 Å². The fraction of sp³-hybridized carbons (Fsp3) is 0.118. The van der Waals surface area contributed by atoms with Gasteiger partial charge in [0.05, 0.1) is 16.7 Å². The van der Waals surface area contributed by atoms with E-state index >= 15 is 0 Å². The minimum atomic E-state index is -4.46. The van der Waals surface area contributed by atoms with Crippen LogP contribution in [-0.4, -0.2) is 29.7 Å². The van der Waals surface area contributed by atoms with E-state index in [2.05, 4.69) is 5.32 Å². The van der Waals surface area contributed by atoms with Crippen LogP contribution < -0.4 is 5.32 Å². The van der Waals surface area contributed by atoms with E-state index in [9.17, 15) is 27.6 Å². The van der Waals surface area contributed by atoms with Gasteiger partial charge in [-0.3, -0.25) is 19.3 Å². The molecule has 0 unspecified atom stereocenters. The van der Waals surface area contributed by atoms with Crippen LogP contribution in [0.25, 0.3) is 0 Å². The molecule has 5 nitrogen and oxygen atoms in total. The van der Waals surface area contributed by atoms with Crippen molar-refractivity contribution in [3.05, 3.63) is 64.7 Å². The number of nitrogens with zero attached hydrogens (tertiary/aromatic N) is 1. The summed E-state index contributed by atoms with van der Waals surface area (Å²) in [5.41, 5.74) is -0.200. The molecule has 0 aliphatic carbocycles. The minimum Gasteiger partial charge on any atom is -0.322 e. The minimum absolute atomic E-state index is 0.118. The van der Waals surface area contributed by atoms with Crippen molar-refractivity contribution in [3.8, 4) is 0 Å². The van der Waals surface area contributed by atoms with Crippen molar-refractivity contribution in [3.63, 3.8) is 0 Å². The number of anilines is 1. The van der Waals surface area contributed by atoms with Crippen LogP contribution in [0.2, 0.25) is 0 Å². The summed E-state index contributed by atoms with van der Waals surface area (Å²) >= 11 is 0. The van der Waals surface area contributed by atoms with Crippen LogP contribution in [-0.2, 0) is 6.18 Å². The number of carbonyl (C=O) groups is 3. The second-order valence-corrected chi connectivity index (χ2v) is 5.46. The second-order valence-electron chi connectivity index (χ2n) is 5.46. The zero-order chi connectivity index (χ0) is 18.4. The maximum absolute atomic E-state index is 12.5. The third kappa shape index (κ3) is 2.98. The van der Waals surface area contributed by atoms with Gasteiger partial charge in [-0.05, 0) is 42.5 Å². The summed E-state index contributed by atoms with van der Waals surface area (Å²) in [6.07, 6.45) is -4.46. The standard InChI is InChI=1S/C17H11F3N2O3/c1-22-15(24)12-7-2-9(8-13(12)16(22)25)14(23)21-11-5-3-10(4-6-11)17(18,19)20/h2-8H,1H3,(H,21,23). The first-order valence-electron chi connectivity index (χ1n) is 7.13. The second kappa shape index (κ2) is 5.73. The molecule has 0 saturated carbocycles. The molecule has 1 aliphatic rings. The molecule has 1 heterocycles. The van der Waals surface area contributed by atoms with Crippen molar-refractivity contribution < 1.29 is 27.6 Å². The van der Waals surface area contributed by atoms with Gasteiger partial charge in [-0.25, -0.2) is 0 Å². The van der Waals surface area contributed by atoms with Gasteiger partial charge in [-0.1, -0.05) is 0 Å². The average molecular weight is 348 g/mol. The molecule has 0 fully saturated rings. The Hall–Kier alpha value is -3.16. The molecule has 8 heteroatoms. The molecule has 0 atom stereocenters. The average Bonchev–Trinajstić information content (AvgIpc) is 2.79. The van der Waals surface area contributed by atoms with E-state index in [1.54, 1.807) is 0 Å². The van der Waals surface area contributed by atoms with Crippen LogP contribution in [0.5, 0.6) is 0 Å². The van der Waals surface area contributed by atoms with Gasteiger partial charge >= 0.3 is 6.18 Å². The number of rotatable bonds is 2. The van der Waals surface area contributed by atoms with E-state index in [1.165, 1.54) is 25.2 Å². The van der Waals surface area contributed by atoms with Gasteiger partial charge in [-0.2, -0.15) is 13.2 Å². The quantitative estimate of drug-likeness (QED) is 0.848. The van der Waals surface area contributed by atoms with E-state index in [-0.39, 0.29) is 22.4 Å². The lowest BCUT2D eigenvalue weighted by molar-refractivity contribution is -0.137. The Bertz CT molecular complexity index is 889. The van der Waals surface area contributed by atoms with Gasteiger partial charge in [0.15, 0.2) is 0 Å². The Balaban J connectivity index is 1.81. The SMILES string of the molecule is CN1C(=O)c2ccc(C(=O)Nc3ccc(C(F)(F)F)cc3)cc2C1=O. The summed E-state index contributed by atoms with van der Waals surface area (Å²) in [6, 6.07) is 8.03. The van der Waals surface area contributed by atoms with E-state index in [4.69, 9.17) is 0 Å². The summed E-state index contributed by atoms with van der Waals surface area (Å²) in [5, 5.41) is 2.45. The summed E-state index contributed by atoms with van der Waals surface area (Å²) in [7, 11) is 1.34. The molecule has 2 aromatic rings. The smallest absolute Gasteiger partial charge is 0.322 e. The maximum atomic E-state index is 12.5. The van der Waals surface area contributed by atoms with Gasteiger partial charge in [-0.15, -0.1) is 0 Å². The van der Waals surface area contributed by atoms with Crippen LogP contribution in [0.1, 0.15) is 36.6 Å². The van der Waals surface area contributed by atoms with Crippen molar-refractivity contribution in [1.82, 2.24) is 4.90 Å². The highest BCUT2D eigenvalue weighted by Crippen LogP contribution is 2.30. The Morgan fingerprint density at radius 3 is 2.16 bits per heavy atom. The molecule has 0 spiro atoms. The predicted octanol–water partition coefficient (Wildman–Crippen LogP) is 3.18. The summed E-state index contributed by atoms with van der Waals surface area (Å²) in [6.45, 7) is 0. The Kier molecular flexibility index (Phi) is 3.82. The number of imide groups is 1. The lowest BCUT2D eigenvalue weighted by Gasteiger charge is -2.09. The number of hydrogen-bond donors (Lipinski definition) is 1. The van der Waals surface area contributed by atoms with Crippen LogP contribution >= 0.6 is 0 Å². The number of alkyl halides is 3. The number of fused-ring (bicyclic) bond motifs is 1. The molecule has 0 aromatic heterocycles. The van der Waals surface area contributed by atoms with Gasteiger partial charge in [0.25, 0.3) is 17.7 Å². The number of carbonyl (C=O) groups excluding carboxylic acids is 3. The fourth-order valence-electron chi connectivity index (χ4n) is 2.45. The predicted molar refractivity (Wildman–Crippen MR) is 82.3 cm³/mol. The lowest BCUT2D eigenvalue weighted by Crippen LogP contribution is -2.24. The van der Waals surface area contributed by atoms with Crippen molar-refractivity contribution >= 4 is 23.4 Å². The highest BCUT2D eigenvalue weighted by atomic mass is 19.4. The summed E-state index contributed by atoms with van der Waals surface area (Å²) in [5.74, 6) is -1.56. The highest BCUT2D eigenvalue weighted by Gasteiger charge is 2.33. The van der Waals surface area contributed by atoms with Crippen LogP contribution in [0.4, 0.5) is 18.9 Å². The normalized spacial score (nSPS) is 13.8. The molecule has 0 radical (unpaired) electrons. The molecular formula is C17H11F3N2O3. The molecule has 1 aliphatic heterocycles. The first kappa shape index (κ1) is 16.7. The molecular weight excluding hydrogens is 337 g/mol. The molecule has 0 bridgehead atoms. The molecule has 3 rings (SSSR count). The van der Waals surface area contributed by atoms with Crippen LogP contribution in [0.15, 0.2) is 42.5 Å². The maximum Gasteiger partial charge on any atom is 0.416 e. The fourth-order valence-corrected chi connectivity index (χ4v) is 2.45. The number of hydrogen-bond acceptors (Lipinski definition) is 3. The van der Waals surface area contributed by atoms with E-state index < -0.39 is 29.5 Å². The largest absolute Gasteiger partial charge is 0.416 e. The van der Waals surface area contributed by atoms with Crippen molar-refractivity contribution in [2.75, 3.05) is 12.4 Å². The third-order valence-corrected chi connectivity index (χ3v) is 3.82. The van der Waals surface area contributed by atoms with E-state index in [0.717, 1.165) is 29.2 Å². The molecule has 128 valence electrons. The van der Waals surface area contributed by atoms with E-state index in [0.29, 0.717) is 0 Å². The molecule has 0 saturated heterocycles. The van der Waals surface area contributed by atoms with Crippen molar-refractivity contribution in [2.45, 2.75) is 6.18 Å². The summed E-state index contributed by atoms with van der Waals surface area (Å²) in [4.78, 5) is 36.9. The topological polar surface area (TPSA) is 66.5 Å². The zero-order valence-electron chi connectivity index (χ0n) is 12.8. The lowest BCUT2D eigenvalue weighted by atomic mass is 10.1. The molecule has 3 amide bonds.